The molecule has 2 nitrogen and oxygen atoms in total. The third-order valence-electron chi connectivity index (χ3n) is 7.99. The molecule has 42 heavy (non-hydrogen) atoms. The predicted octanol–water partition coefficient (Wildman–Crippen LogP) is 11.6. The lowest BCUT2D eigenvalue weighted by Gasteiger charge is -2.18. The molecule has 196 valence electrons. The fourth-order valence-corrected chi connectivity index (χ4v) is 6.15. The van der Waals surface area contributed by atoms with Crippen LogP contribution in [-0.4, -0.2) is 0 Å². The van der Waals surface area contributed by atoms with E-state index < -0.39 is 24.2 Å². The summed E-state index contributed by atoms with van der Waals surface area (Å²) < 4.78 is 82.8. The Morgan fingerprint density at radius 1 is 0.476 bits per heavy atom. The van der Waals surface area contributed by atoms with Gasteiger partial charge < -0.3 is 8.83 Å². The van der Waals surface area contributed by atoms with Crippen LogP contribution >= 0.6 is 0 Å². The fourth-order valence-electron chi connectivity index (χ4n) is 6.15. The van der Waals surface area contributed by atoms with Crippen LogP contribution in [-0.2, 0) is 0 Å². The van der Waals surface area contributed by atoms with E-state index >= 15 is 0 Å². The smallest absolute Gasteiger partial charge is 0.136 e. The van der Waals surface area contributed by atoms with Crippen molar-refractivity contribution >= 4 is 54.5 Å². The largest absolute Gasteiger partial charge is 0.464 e. The molecule has 0 fully saturated rings. The summed E-state index contributed by atoms with van der Waals surface area (Å²) >= 11 is 0. The number of hydrogen-bond donors (Lipinski definition) is 0. The first-order chi connectivity index (χ1) is 24.2. The summed E-state index contributed by atoms with van der Waals surface area (Å²) in [7, 11) is 0. The third-order valence-corrected chi connectivity index (χ3v) is 7.99. The molecule has 0 bridgehead atoms. The van der Waals surface area contributed by atoms with Gasteiger partial charge in [-0.25, -0.2) is 0 Å². The average molecular weight is 545 g/mol. The predicted molar refractivity (Wildman–Crippen MR) is 175 cm³/mol. The van der Waals surface area contributed by atoms with Gasteiger partial charge in [0.25, 0.3) is 0 Å². The highest BCUT2D eigenvalue weighted by Gasteiger charge is 2.18. The Morgan fingerprint density at radius 2 is 1.10 bits per heavy atom. The summed E-state index contributed by atoms with van der Waals surface area (Å²) in [6.07, 6.45) is 1.64. The third kappa shape index (κ3) is 3.39. The summed E-state index contributed by atoms with van der Waals surface area (Å²) in [5.74, 6) is 0. The van der Waals surface area contributed by atoms with Gasteiger partial charge in [0.1, 0.15) is 16.7 Å². The number of benzene rings is 7. The molecule has 2 heteroatoms. The quantitative estimate of drug-likeness (QED) is 0.207. The van der Waals surface area contributed by atoms with Gasteiger partial charge in [-0.2, -0.15) is 0 Å². The molecule has 0 radical (unpaired) electrons. The zero-order valence-corrected chi connectivity index (χ0v) is 22.1. The molecule has 0 spiro atoms. The molecule has 0 saturated carbocycles. The van der Waals surface area contributed by atoms with Crippen molar-refractivity contribution in [2.45, 2.75) is 0 Å². The number of hydrogen-bond acceptors (Lipinski definition) is 2. The summed E-state index contributed by atoms with van der Waals surface area (Å²) in [5, 5.41) is 3.52. The summed E-state index contributed by atoms with van der Waals surface area (Å²) in [4.78, 5) is 0. The van der Waals surface area contributed by atoms with Crippen LogP contribution in [0.25, 0.3) is 87.8 Å². The van der Waals surface area contributed by atoms with Gasteiger partial charge >= 0.3 is 0 Å². The molecule has 0 atom stereocenters. The van der Waals surface area contributed by atoms with Crippen molar-refractivity contribution in [1.29, 1.82) is 0 Å². The summed E-state index contributed by atoms with van der Waals surface area (Å²) in [6, 6.07) is 25.3. The van der Waals surface area contributed by atoms with Gasteiger partial charge in [0.05, 0.1) is 17.2 Å². The van der Waals surface area contributed by atoms with Crippen molar-refractivity contribution in [2.75, 3.05) is 0 Å². The van der Waals surface area contributed by atoms with E-state index in [9.17, 15) is 0 Å². The first-order valence-electron chi connectivity index (χ1n) is 17.6. The van der Waals surface area contributed by atoms with Crippen LogP contribution in [0.2, 0.25) is 0 Å². The average Bonchev–Trinajstić information content (AvgIpc) is 3.76. The molecular weight excluding hydrogens is 512 g/mol. The summed E-state index contributed by atoms with van der Waals surface area (Å²) in [5.41, 5.74) is 5.74. The Morgan fingerprint density at radius 3 is 1.76 bits per heavy atom. The van der Waals surface area contributed by atoms with Crippen molar-refractivity contribution in [2.24, 2.45) is 0 Å². The Bertz CT molecular complexity index is 2810. The van der Waals surface area contributed by atoms with Crippen LogP contribution in [0.1, 0.15) is 11.0 Å². The van der Waals surface area contributed by atoms with Gasteiger partial charge in [-0.15, -0.1) is 0 Å². The molecule has 9 rings (SSSR count). The zero-order valence-electron chi connectivity index (χ0n) is 30.1. The molecule has 0 aliphatic carbocycles. The van der Waals surface area contributed by atoms with Crippen molar-refractivity contribution in [3.8, 4) is 33.4 Å². The van der Waals surface area contributed by atoms with Crippen LogP contribution in [0.5, 0.6) is 0 Å². The van der Waals surface area contributed by atoms with E-state index in [-0.39, 0.29) is 45.7 Å². The molecule has 0 N–H and O–H groups in total. The highest BCUT2D eigenvalue weighted by molar-refractivity contribution is 6.21. The molecule has 0 unspecified atom stereocenters. The number of fused-ring (bicyclic) bond motifs is 6. The molecule has 0 aliphatic rings. The second-order valence-corrected chi connectivity index (χ2v) is 10.3. The van der Waals surface area contributed by atoms with E-state index in [4.69, 9.17) is 19.8 Å². The van der Waals surface area contributed by atoms with Crippen LogP contribution < -0.4 is 0 Å². The maximum absolute atomic E-state index is 9.14. The fraction of sp³-hybridized carbons (Fsp3) is 0. The highest BCUT2D eigenvalue weighted by Crippen LogP contribution is 2.44. The van der Waals surface area contributed by atoms with Crippen molar-refractivity contribution in [1.82, 2.24) is 0 Å². The molecule has 7 aromatic carbocycles. The van der Waals surface area contributed by atoms with E-state index in [0.717, 1.165) is 44.0 Å². The van der Waals surface area contributed by atoms with Gasteiger partial charge in [-0.05, 0) is 79.2 Å². The van der Waals surface area contributed by atoms with E-state index in [0.29, 0.717) is 22.3 Å². The maximum Gasteiger partial charge on any atom is 0.136 e. The van der Waals surface area contributed by atoms with Gasteiger partial charge in [-0.3, -0.25) is 0 Å². The zero-order chi connectivity index (χ0) is 34.6. The van der Waals surface area contributed by atoms with E-state index in [1.807, 2.05) is 66.7 Å². The Hall–Kier alpha value is -5.60. The molecule has 2 heterocycles. The van der Waals surface area contributed by atoms with Crippen molar-refractivity contribution < 1.29 is 19.8 Å². The second kappa shape index (κ2) is 8.95. The SMILES string of the molecule is [2H]c1c([2H])c([2H])c2c(-c3ccc(-c4cccc5oc6cc7ccoc7cc6c45)cc3)c3c([2H])c([2H])c([2H])c([2H])c3c(-c3ccccc3)c2c1[2H]. The lowest BCUT2D eigenvalue weighted by Crippen LogP contribution is -1.90. The lowest BCUT2D eigenvalue weighted by molar-refractivity contribution is 0.616. The molecule has 9 aromatic rings. The van der Waals surface area contributed by atoms with Gasteiger partial charge in [0, 0.05) is 16.2 Å². The Labute approximate surface area is 253 Å². The standard InChI is InChI=1S/C40H24O2/c1-2-9-26(10-3-1)38-30-11-4-6-13-32(30)39(33-14-7-5-12-31(33)38)27-19-17-25(18-20-27)29-15-8-16-35-40(29)34-24-36-28(21-22-41-36)23-37(34)42-35/h1-24H/i4D,5D,6D,7D,11D,12D,13D,14D. The molecule has 0 saturated heterocycles. The molecule has 2 aromatic heterocycles. The molecule has 0 aliphatic heterocycles. The normalized spacial score (nSPS) is 14.5. The molecular formula is C40H24O2. The topological polar surface area (TPSA) is 26.3 Å². The first-order valence-corrected chi connectivity index (χ1v) is 13.6. The highest BCUT2D eigenvalue weighted by atomic mass is 16.3. The van der Waals surface area contributed by atoms with Crippen molar-refractivity contribution in [3.63, 3.8) is 0 Å². The van der Waals surface area contributed by atoms with Gasteiger partial charge in [0.15, 0.2) is 0 Å². The monoisotopic (exact) mass is 544 g/mol. The number of furan rings is 2. The van der Waals surface area contributed by atoms with Crippen LogP contribution in [0.15, 0.2) is 154 Å². The minimum atomic E-state index is -0.427. The van der Waals surface area contributed by atoms with Gasteiger partial charge in [0.2, 0.25) is 0 Å². The lowest BCUT2D eigenvalue weighted by atomic mass is 9.85. The summed E-state index contributed by atoms with van der Waals surface area (Å²) in [6.45, 7) is 0. The maximum atomic E-state index is 9.14. The van der Waals surface area contributed by atoms with Crippen LogP contribution in [0.3, 0.4) is 0 Å². The molecule has 0 amide bonds. The Kier molecular flexibility index (Phi) is 3.54. The number of rotatable bonds is 3. The first kappa shape index (κ1) is 16.6. The minimum Gasteiger partial charge on any atom is -0.464 e. The van der Waals surface area contributed by atoms with Gasteiger partial charge in [-0.1, -0.05) is 115 Å². The second-order valence-electron chi connectivity index (χ2n) is 10.3. The van der Waals surface area contributed by atoms with Crippen molar-refractivity contribution in [3.05, 3.63) is 146 Å². The van der Waals surface area contributed by atoms with Crippen LogP contribution in [0.4, 0.5) is 0 Å². The van der Waals surface area contributed by atoms with E-state index in [1.165, 1.54) is 0 Å². The van der Waals surface area contributed by atoms with Crippen LogP contribution in [0, 0.1) is 0 Å². The Balaban J connectivity index is 1.38. The minimum absolute atomic E-state index is 0.186. The van der Waals surface area contributed by atoms with E-state index in [2.05, 4.69) is 0 Å². The van der Waals surface area contributed by atoms with E-state index in [1.54, 1.807) is 30.5 Å².